The lowest BCUT2D eigenvalue weighted by atomic mass is 10.1. The van der Waals surface area contributed by atoms with Gasteiger partial charge in [-0.1, -0.05) is 6.92 Å². The first-order chi connectivity index (χ1) is 7.18. The second-order valence-corrected chi connectivity index (χ2v) is 4.57. The minimum absolute atomic E-state index is 0.000998. The van der Waals surface area contributed by atoms with Gasteiger partial charge in [0.2, 0.25) is 11.8 Å². The summed E-state index contributed by atoms with van der Waals surface area (Å²) in [6.07, 6.45) is 3.83. The fraction of sp³-hybridized carbons (Fsp3) is 0.818. The van der Waals surface area contributed by atoms with Crippen molar-refractivity contribution >= 4 is 11.8 Å². The van der Waals surface area contributed by atoms with Gasteiger partial charge in [-0.3, -0.25) is 14.5 Å². The Balaban J connectivity index is 1.68. The number of imide groups is 1. The lowest BCUT2D eigenvalue weighted by Gasteiger charge is -2.14. The van der Waals surface area contributed by atoms with Gasteiger partial charge in [-0.05, 0) is 25.8 Å². The van der Waals surface area contributed by atoms with E-state index >= 15 is 0 Å². The Labute approximate surface area is 90.0 Å². The highest BCUT2D eigenvalue weighted by Gasteiger charge is 2.34. The lowest BCUT2D eigenvalue weighted by Crippen LogP contribution is -2.33. The number of nitrogens with zero attached hydrogens (tertiary/aromatic N) is 1. The second kappa shape index (κ2) is 4.31. The largest absolute Gasteiger partial charge is 0.314 e. The lowest BCUT2D eigenvalue weighted by molar-refractivity contribution is -0.139. The van der Waals surface area contributed by atoms with E-state index in [1.165, 1.54) is 17.7 Å². The predicted octanol–water partition coefficient (Wildman–Crippen LogP) is 0.523. The van der Waals surface area contributed by atoms with Gasteiger partial charge in [-0.15, -0.1) is 0 Å². The molecule has 1 N–H and O–H groups in total. The fourth-order valence-corrected chi connectivity index (χ4v) is 1.91. The van der Waals surface area contributed by atoms with E-state index in [0.717, 1.165) is 13.0 Å². The Kier molecular flexibility index (Phi) is 3.05. The summed E-state index contributed by atoms with van der Waals surface area (Å²) in [5.74, 6) is -0.0979. The molecule has 0 radical (unpaired) electrons. The number of likely N-dealkylation sites (tertiary alicyclic amines) is 1. The Morgan fingerprint density at radius 2 is 2.13 bits per heavy atom. The van der Waals surface area contributed by atoms with E-state index in [0.29, 0.717) is 19.0 Å². The zero-order valence-corrected chi connectivity index (χ0v) is 9.16. The van der Waals surface area contributed by atoms with Crippen molar-refractivity contribution in [3.05, 3.63) is 0 Å². The van der Waals surface area contributed by atoms with E-state index < -0.39 is 0 Å². The Morgan fingerprint density at radius 1 is 1.40 bits per heavy atom. The Bertz CT molecular complexity index is 274. The molecule has 1 atom stereocenters. The molecule has 2 fully saturated rings. The third-order valence-electron chi connectivity index (χ3n) is 3.04. The van der Waals surface area contributed by atoms with E-state index in [2.05, 4.69) is 5.32 Å². The maximum Gasteiger partial charge on any atom is 0.232 e. The van der Waals surface area contributed by atoms with Gasteiger partial charge < -0.3 is 5.32 Å². The highest BCUT2D eigenvalue weighted by molar-refractivity contribution is 6.03. The van der Waals surface area contributed by atoms with Gasteiger partial charge in [0, 0.05) is 24.9 Å². The molecule has 1 saturated heterocycles. The van der Waals surface area contributed by atoms with Crippen molar-refractivity contribution in [1.82, 2.24) is 10.2 Å². The van der Waals surface area contributed by atoms with Gasteiger partial charge in [0.15, 0.2) is 0 Å². The predicted molar refractivity (Wildman–Crippen MR) is 56.1 cm³/mol. The average Bonchev–Trinajstić information content (AvgIpc) is 2.96. The Morgan fingerprint density at radius 3 is 2.67 bits per heavy atom. The average molecular weight is 210 g/mol. The van der Waals surface area contributed by atoms with E-state index in [1.54, 1.807) is 0 Å². The van der Waals surface area contributed by atoms with E-state index in [-0.39, 0.29) is 17.7 Å². The number of amides is 2. The van der Waals surface area contributed by atoms with Gasteiger partial charge in [0.1, 0.15) is 0 Å². The summed E-state index contributed by atoms with van der Waals surface area (Å²) in [7, 11) is 0. The van der Waals surface area contributed by atoms with Crippen LogP contribution in [-0.2, 0) is 9.59 Å². The molecule has 0 aromatic carbocycles. The molecule has 15 heavy (non-hydrogen) atoms. The highest BCUT2D eigenvalue weighted by Crippen LogP contribution is 2.20. The van der Waals surface area contributed by atoms with Crippen LogP contribution < -0.4 is 5.32 Å². The van der Waals surface area contributed by atoms with Crippen LogP contribution in [0.1, 0.15) is 32.6 Å². The normalized spacial score (nSPS) is 26.5. The number of nitrogens with one attached hydrogen (secondary N) is 1. The van der Waals surface area contributed by atoms with Gasteiger partial charge in [-0.25, -0.2) is 0 Å². The van der Waals surface area contributed by atoms with Gasteiger partial charge in [0.05, 0.1) is 0 Å². The van der Waals surface area contributed by atoms with Crippen LogP contribution in [-0.4, -0.2) is 35.8 Å². The first-order valence-electron chi connectivity index (χ1n) is 5.76. The van der Waals surface area contributed by atoms with Crippen molar-refractivity contribution in [1.29, 1.82) is 0 Å². The second-order valence-electron chi connectivity index (χ2n) is 4.57. The first-order valence-corrected chi connectivity index (χ1v) is 5.76. The van der Waals surface area contributed by atoms with Crippen molar-refractivity contribution in [2.45, 2.75) is 38.6 Å². The molecule has 0 bridgehead atoms. The molecule has 0 aromatic heterocycles. The minimum atomic E-state index is -0.103. The van der Waals surface area contributed by atoms with Crippen LogP contribution in [0.15, 0.2) is 0 Å². The topological polar surface area (TPSA) is 49.4 Å². The Hall–Kier alpha value is -0.900. The van der Waals surface area contributed by atoms with Crippen LogP contribution in [0.25, 0.3) is 0 Å². The van der Waals surface area contributed by atoms with Crippen molar-refractivity contribution in [2.75, 3.05) is 13.1 Å². The standard InChI is InChI=1S/C11H18N2O2/c1-8-7-10(14)13(11(8)15)6-2-5-12-9-3-4-9/h8-9,12H,2-7H2,1H3. The molecule has 2 aliphatic rings. The molecule has 2 rings (SSSR count). The van der Waals surface area contributed by atoms with Crippen LogP contribution in [0.5, 0.6) is 0 Å². The smallest absolute Gasteiger partial charge is 0.232 e. The molecule has 0 spiro atoms. The highest BCUT2D eigenvalue weighted by atomic mass is 16.2. The summed E-state index contributed by atoms with van der Waals surface area (Å²) in [6.45, 7) is 3.32. The molecular weight excluding hydrogens is 192 g/mol. The van der Waals surface area contributed by atoms with Crippen LogP contribution in [0.3, 0.4) is 0 Å². The maximum absolute atomic E-state index is 11.5. The number of carbonyl (C=O) groups is 2. The minimum Gasteiger partial charge on any atom is -0.314 e. The van der Waals surface area contributed by atoms with Crippen LogP contribution in [0.2, 0.25) is 0 Å². The summed E-state index contributed by atoms with van der Waals surface area (Å²) in [5.41, 5.74) is 0. The molecule has 1 unspecified atom stereocenters. The van der Waals surface area contributed by atoms with Crippen molar-refractivity contribution in [3.8, 4) is 0 Å². The van der Waals surface area contributed by atoms with Crippen molar-refractivity contribution in [3.63, 3.8) is 0 Å². The zero-order valence-electron chi connectivity index (χ0n) is 9.16. The summed E-state index contributed by atoms with van der Waals surface area (Å²) in [5, 5.41) is 3.37. The van der Waals surface area contributed by atoms with Crippen molar-refractivity contribution < 1.29 is 9.59 Å². The summed E-state index contributed by atoms with van der Waals surface area (Å²) in [4.78, 5) is 24.4. The van der Waals surface area contributed by atoms with E-state index in [1.807, 2.05) is 6.92 Å². The summed E-state index contributed by atoms with van der Waals surface area (Å²) >= 11 is 0. The van der Waals surface area contributed by atoms with E-state index in [9.17, 15) is 9.59 Å². The molecule has 4 nitrogen and oxygen atoms in total. The number of hydrogen-bond donors (Lipinski definition) is 1. The monoisotopic (exact) mass is 210 g/mol. The molecule has 4 heteroatoms. The number of carbonyl (C=O) groups excluding carboxylic acids is 2. The summed E-state index contributed by atoms with van der Waals surface area (Å²) in [6, 6.07) is 0.703. The summed E-state index contributed by atoms with van der Waals surface area (Å²) < 4.78 is 0. The third kappa shape index (κ3) is 2.56. The molecule has 1 aliphatic carbocycles. The molecule has 1 heterocycles. The van der Waals surface area contributed by atoms with E-state index in [4.69, 9.17) is 0 Å². The van der Waals surface area contributed by atoms with Crippen LogP contribution in [0.4, 0.5) is 0 Å². The van der Waals surface area contributed by atoms with Gasteiger partial charge in [-0.2, -0.15) is 0 Å². The molecule has 84 valence electrons. The third-order valence-corrected chi connectivity index (χ3v) is 3.04. The number of hydrogen-bond acceptors (Lipinski definition) is 3. The molecule has 0 aromatic rings. The molecular formula is C11H18N2O2. The quantitative estimate of drug-likeness (QED) is 0.532. The molecule has 1 aliphatic heterocycles. The number of rotatable bonds is 5. The van der Waals surface area contributed by atoms with Gasteiger partial charge in [0.25, 0.3) is 0 Å². The molecule has 2 amide bonds. The molecule has 1 saturated carbocycles. The fourth-order valence-electron chi connectivity index (χ4n) is 1.91. The van der Waals surface area contributed by atoms with Crippen LogP contribution >= 0.6 is 0 Å². The van der Waals surface area contributed by atoms with Crippen molar-refractivity contribution in [2.24, 2.45) is 5.92 Å². The zero-order chi connectivity index (χ0) is 10.8. The first kappa shape index (κ1) is 10.6. The van der Waals surface area contributed by atoms with Gasteiger partial charge >= 0.3 is 0 Å². The SMILES string of the molecule is CC1CC(=O)N(CCCNC2CC2)C1=O. The van der Waals surface area contributed by atoms with Crippen LogP contribution in [0, 0.1) is 5.92 Å². The maximum atomic E-state index is 11.5.